The van der Waals surface area contributed by atoms with E-state index in [0.29, 0.717) is 24.0 Å². The molecule has 0 spiro atoms. The van der Waals surface area contributed by atoms with Gasteiger partial charge < -0.3 is 5.53 Å². The summed E-state index contributed by atoms with van der Waals surface area (Å²) in [6.07, 6.45) is 0.777. The van der Waals surface area contributed by atoms with Gasteiger partial charge in [-0.05, 0) is 49.9 Å². The minimum atomic E-state index is -4.54. The molecule has 6 nitrogen and oxygen atoms in total. The average molecular weight is 407 g/mol. The summed E-state index contributed by atoms with van der Waals surface area (Å²) >= 11 is 0. The van der Waals surface area contributed by atoms with Crippen molar-refractivity contribution in [3.8, 4) is 0 Å². The van der Waals surface area contributed by atoms with E-state index in [4.69, 9.17) is 0 Å². The molecule has 0 amide bonds. The Morgan fingerprint density at radius 3 is 1.48 bits per heavy atom. The molecule has 0 saturated heterocycles. The lowest BCUT2D eigenvalue weighted by Crippen LogP contribution is -2.27. The van der Waals surface area contributed by atoms with E-state index in [1.165, 1.54) is 12.1 Å². The van der Waals surface area contributed by atoms with Gasteiger partial charge in [-0.25, -0.2) is 16.8 Å². The molecule has 0 fully saturated rings. The molecule has 2 aromatic rings. The predicted molar refractivity (Wildman–Crippen MR) is 104 cm³/mol. The van der Waals surface area contributed by atoms with Gasteiger partial charge in [-0.15, -0.1) is 4.79 Å². The zero-order valence-corrected chi connectivity index (χ0v) is 17.4. The summed E-state index contributed by atoms with van der Waals surface area (Å²) in [6, 6.07) is 9.21. The summed E-state index contributed by atoms with van der Waals surface area (Å²) in [5, 5.41) is 0. The maximum atomic E-state index is 13.1. The number of rotatable bonds is 4. The molecule has 2 aromatic carbocycles. The molecule has 0 atom stereocenters. The van der Waals surface area contributed by atoms with Crippen LogP contribution in [0, 0.1) is 13.8 Å². The van der Waals surface area contributed by atoms with Crippen molar-refractivity contribution < 1.29 is 21.6 Å². The maximum Gasteiger partial charge on any atom is 0.504 e. The molecule has 0 aliphatic carbocycles. The Bertz CT molecular complexity index is 1060. The van der Waals surface area contributed by atoms with E-state index in [-0.39, 0.29) is 9.79 Å². The molecule has 0 bridgehead atoms. The van der Waals surface area contributed by atoms with Crippen LogP contribution >= 0.6 is 0 Å². The number of aryl methyl sites for hydroxylation is 4. The molecule has 0 radical (unpaired) electrons. The Morgan fingerprint density at radius 1 is 0.815 bits per heavy atom. The first kappa shape index (κ1) is 21.0. The number of nitrogens with zero attached hydrogens (tertiary/aromatic N) is 2. The molecular formula is C19H22N2O4S2. The Kier molecular flexibility index (Phi) is 6.04. The van der Waals surface area contributed by atoms with Gasteiger partial charge in [-0.1, -0.05) is 49.2 Å². The molecule has 0 heterocycles. The third kappa shape index (κ3) is 3.88. The molecule has 0 N–H and O–H groups in total. The van der Waals surface area contributed by atoms with Crippen LogP contribution in [0.5, 0.6) is 0 Å². The molecule has 144 valence electrons. The lowest BCUT2D eigenvalue weighted by Gasteiger charge is -2.10. The van der Waals surface area contributed by atoms with Crippen LogP contribution in [0.4, 0.5) is 0 Å². The summed E-state index contributed by atoms with van der Waals surface area (Å²) in [5.74, 6) is 0. The molecule has 0 aliphatic heterocycles. The van der Waals surface area contributed by atoms with Crippen molar-refractivity contribution in [1.82, 2.24) is 0 Å². The minimum Gasteiger partial charge on any atom is -0.359 e. The average Bonchev–Trinajstić information content (AvgIpc) is 2.60. The van der Waals surface area contributed by atoms with E-state index >= 15 is 0 Å². The van der Waals surface area contributed by atoms with E-state index < -0.39 is 24.1 Å². The second kappa shape index (κ2) is 7.76. The lowest BCUT2D eigenvalue weighted by atomic mass is 10.1. The highest BCUT2D eigenvalue weighted by Gasteiger charge is 2.45. The van der Waals surface area contributed by atoms with Gasteiger partial charge in [0.25, 0.3) is 19.7 Å². The van der Waals surface area contributed by atoms with Crippen LogP contribution in [0.25, 0.3) is 5.53 Å². The second-order valence-electron chi connectivity index (χ2n) is 6.30. The maximum absolute atomic E-state index is 13.1. The van der Waals surface area contributed by atoms with Crippen LogP contribution < -0.4 is 0 Å². The highest BCUT2D eigenvalue weighted by molar-refractivity contribution is 8.31. The van der Waals surface area contributed by atoms with Gasteiger partial charge in [0.15, 0.2) is 0 Å². The van der Waals surface area contributed by atoms with Crippen molar-refractivity contribution in [2.45, 2.75) is 50.3 Å². The smallest absolute Gasteiger partial charge is 0.359 e. The Balaban J connectivity index is 2.75. The van der Waals surface area contributed by atoms with Crippen LogP contribution in [0.2, 0.25) is 0 Å². The monoisotopic (exact) mass is 406 g/mol. The van der Waals surface area contributed by atoms with Crippen LogP contribution in [0.3, 0.4) is 0 Å². The van der Waals surface area contributed by atoms with Crippen molar-refractivity contribution in [2.24, 2.45) is 0 Å². The molecule has 0 saturated carbocycles. The van der Waals surface area contributed by atoms with E-state index in [9.17, 15) is 22.4 Å². The third-order valence-electron chi connectivity index (χ3n) is 4.31. The van der Waals surface area contributed by atoms with Crippen molar-refractivity contribution in [1.29, 1.82) is 0 Å². The molecule has 0 unspecified atom stereocenters. The van der Waals surface area contributed by atoms with Crippen LogP contribution in [-0.2, 0) is 32.5 Å². The van der Waals surface area contributed by atoms with Crippen molar-refractivity contribution in [3.05, 3.63) is 64.2 Å². The van der Waals surface area contributed by atoms with Gasteiger partial charge in [0.05, 0.1) is 9.79 Å². The van der Waals surface area contributed by atoms with Crippen LogP contribution in [0.1, 0.15) is 36.1 Å². The summed E-state index contributed by atoms with van der Waals surface area (Å²) < 4.78 is 51.0. The zero-order valence-electron chi connectivity index (χ0n) is 15.7. The Hall–Kier alpha value is -2.28. The quantitative estimate of drug-likeness (QED) is 0.336. The fourth-order valence-corrected chi connectivity index (χ4v) is 6.81. The topological polar surface area (TPSA) is 105 Å². The van der Waals surface area contributed by atoms with Crippen molar-refractivity contribution in [2.75, 3.05) is 0 Å². The largest absolute Gasteiger partial charge is 0.504 e. The normalized spacial score (nSPS) is 11.9. The highest BCUT2D eigenvalue weighted by atomic mass is 32.3. The van der Waals surface area contributed by atoms with Gasteiger partial charge in [0, 0.05) is 0 Å². The third-order valence-corrected chi connectivity index (χ3v) is 8.67. The fraction of sp³-hybridized carbons (Fsp3) is 0.316. The summed E-state index contributed by atoms with van der Waals surface area (Å²) in [5.41, 5.74) is 12.0. The van der Waals surface area contributed by atoms with Gasteiger partial charge >= 0.3 is 4.38 Å². The van der Waals surface area contributed by atoms with E-state index in [1.54, 1.807) is 38.1 Å². The molecule has 2 rings (SSSR count). The first-order chi connectivity index (χ1) is 12.6. The number of sulfone groups is 2. The standard InChI is InChI=1S/C19H22N2O4S2/c1-5-15-11-13(3)7-9-17(15)26(22,23)19(21-20)27(24,25)18-10-8-14(4)12-16(18)6-2/h7-12H,5-6H2,1-4H3. The molecular weight excluding hydrogens is 384 g/mol. The summed E-state index contributed by atoms with van der Waals surface area (Å²) in [6.45, 7) is 7.17. The lowest BCUT2D eigenvalue weighted by molar-refractivity contribution is 0.00379. The minimum absolute atomic E-state index is 0.169. The molecule has 27 heavy (non-hydrogen) atoms. The van der Waals surface area contributed by atoms with Gasteiger partial charge in [-0.2, -0.15) is 0 Å². The van der Waals surface area contributed by atoms with E-state index in [1.807, 2.05) is 13.8 Å². The van der Waals surface area contributed by atoms with Crippen LogP contribution in [0.15, 0.2) is 46.2 Å². The van der Waals surface area contributed by atoms with E-state index in [2.05, 4.69) is 4.79 Å². The number of benzene rings is 2. The zero-order chi connectivity index (χ0) is 20.4. The Labute approximate surface area is 160 Å². The molecule has 0 aliphatic rings. The van der Waals surface area contributed by atoms with Crippen LogP contribution in [-0.4, -0.2) is 26.0 Å². The van der Waals surface area contributed by atoms with Gasteiger partial charge in [0.2, 0.25) is 0 Å². The first-order valence-corrected chi connectivity index (χ1v) is 11.5. The van der Waals surface area contributed by atoms with E-state index in [0.717, 1.165) is 11.1 Å². The number of hydrogen-bond donors (Lipinski definition) is 0. The first-order valence-electron chi connectivity index (χ1n) is 8.50. The predicted octanol–water partition coefficient (Wildman–Crippen LogP) is 3.26. The van der Waals surface area contributed by atoms with Crippen molar-refractivity contribution >= 4 is 24.1 Å². The highest BCUT2D eigenvalue weighted by Crippen LogP contribution is 2.26. The van der Waals surface area contributed by atoms with Gasteiger partial charge in [-0.3, -0.25) is 0 Å². The molecule has 0 aromatic heterocycles. The second-order valence-corrected chi connectivity index (χ2v) is 10.2. The summed E-state index contributed by atoms with van der Waals surface area (Å²) in [7, 11) is -9.08. The van der Waals surface area contributed by atoms with Gasteiger partial charge in [0.1, 0.15) is 0 Å². The SMILES string of the molecule is CCc1cc(C)ccc1S(=O)(=O)C(=[N+]=[N-])S(=O)(=O)c1ccc(C)cc1CC. The molecule has 8 heteroatoms. The Morgan fingerprint density at radius 2 is 1.19 bits per heavy atom. The summed E-state index contributed by atoms with van der Waals surface area (Å²) in [4.78, 5) is 2.38. The number of hydrogen-bond acceptors (Lipinski definition) is 4. The van der Waals surface area contributed by atoms with Crippen molar-refractivity contribution in [3.63, 3.8) is 0 Å². The fourth-order valence-electron chi connectivity index (χ4n) is 2.93.